The zero-order valence-corrected chi connectivity index (χ0v) is 10.2. The van der Waals surface area contributed by atoms with Crippen LogP contribution in [0.4, 0.5) is 0 Å². The molecule has 0 aliphatic heterocycles. The number of benzene rings is 1. The predicted octanol–water partition coefficient (Wildman–Crippen LogP) is 0.870. The number of carbonyl (C=O) groups excluding carboxylic acids is 2. The van der Waals surface area contributed by atoms with Crippen LogP contribution < -0.4 is 10.6 Å². The van der Waals surface area contributed by atoms with Crippen molar-refractivity contribution in [2.24, 2.45) is 0 Å². The first-order valence-corrected chi connectivity index (χ1v) is 5.72. The molecular weight excluding hydrogens is 216 g/mol. The van der Waals surface area contributed by atoms with Crippen molar-refractivity contribution in [2.45, 2.75) is 26.3 Å². The van der Waals surface area contributed by atoms with E-state index in [1.165, 1.54) is 6.92 Å². The SMILES string of the molecule is CCNC(=O)C(Cc1ccccc1)NC(C)=O. The first kappa shape index (κ1) is 13.2. The first-order chi connectivity index (χ1) is 8.13. The van der Waals surface area contributed by atoms with Crippen LogP contribution in [-0.2, 0) is 16.0 Å². The number of likely N-dealkylation sites (N-methyl/N-ethyl adjacent to an activating group) is 1. The number of hydrogen-bond donors (Lipinski definition) is 2. The summed E-state index contributed by atoms with van der Waals surface area (Å²) in [5.41, 5.74) is 1.03. The smallest absolute Gasteiger partial charge is 0.242 e. The summed E-state index contributed by atoms with van der Waals surface area (Å²) in [6.45, 7) is 3.83. The van der Waals surface area contributed by atoms with E-state index in [2.05, 4.69) is 10.6 Å². The Labute approximate surface area is 101 Å². The van der Waals surface area contributed by atoms with Crippen molar-refractivity contribution < 1.29 is 9.59 Å². The monoisotopic (exact) mass is 234 g/mol. The molecule has 1 aromatic rings. The molecule has 1 atom stereocenters. The lowest BCUT2D eigenvalue weighted by molar-refractivity contribution is -0.128. The highest BCUT2D eigenvalue weighted by Crippen LogP contribution is 2.03. The Balaban J connectivity index is 2.70. The summed E-state index contributed by atoms with van der Waals surface area (Å²) in [5.74, 6) is -0.344. The van der Waals surface area contributed by atoms with E-state index in [1.54, 1.807) is 0 Å². The molecule has 1 unspecified atom stereocenters. The third-order valence-corrected chi connectivity index (χ3v) is 2.33. The fourth-order valence-electron chi connectivity index (χ4n) is 1.60. The van der Waals surface area contributed by atoms with Crippen LogP contribution in [0.5, 0.6) is 0 Å². The molecule has 1 aromatic carbocycles. The Kier molecular flexibility index (Phi) is 5.20. The summed E-state index contributed by atoms with van der Waals surface area (Å²) in [6.07, 6.45) is 0.506. The molecule has 92 valence electrons. The maximum absolute atomic E-state index is 11.8. The lowest BCUT2D eigenvalue weighted by Gasteiger charge is -2.17. The van der Waals surface area contributed by atoms with Gasteiger partial charge in [-0.15, -0.1) is 0 Å². The Hall–Kier alpha value is -1.84. The van der Waals surface area contributed by atoms with Crippen molar-refractivity contribution in [3.8, 4) is 0 Å². The van der Waals surface area contributed by atoms with Crippen molar-refractivity contribution in [3.05, 3.63) is 35.9 Å². The van der Waals surface area contributed by atoms with E-state index in [9.17, 15) is 9.59 Å². The molecule has 0 saturated carbocycles. The van der Waals surface area contributed by atoms with Gasteiger partial charge in [0.25, 0.3) is 0 Å². The number of nitrogens with one attached hydrogen (secondary N) is 2. The molecule has 2 N–H and O–H groups in total. The van der Waals surface area contributed by atoms with E-state index in [-0.39, 0.29) is 11.8 Å². The summed E-state index contributed by atoms with van der Waals surface area (Å²) in [4.78, 5) is 22.8. The van der Waals surface area contributed by atoms with Crippen molar-refractivity contribution in [1.82, 2.24) is 10.6 Å². The standard InChI is InChI=1S/C13H18N2O2/c1-3-14-13(17)12(15-10(2)16)9-11-7-5-4-6-8-11/h4-8,12H,3,9H2,1-2H3,(H,14,17)(H,15,16). The van der Waals surface area contributed by atoms with Crippen molar-refractivity contribution in [2.75, 3.05) is 6.54 Å². The number of carbonyl (C=O) groups is 2. The molecule has 1 rings (SSSR count). The van der Waals surface area contributed by atoms with E-state index in [0.717, 1.165) is 5.56 Å². The lowest BCUT2D eigenvalue weighted by atomic mass is 10.1. The van der Waals surface area contributed by atoms with Crippen molar-refractivity contribution in [1.29, 1.82) is 0 Å². The molecule has 2 amide bonds. The predicted molar refractivity (Wildman–Crippen MR) is 66.4 cm³/mol. The first-order valence-electron chi connectivity index (χ1n) is 5.72. The van der Waals surface area contributed by atoms with Crippen LogP contribution in [0.3, 0.4) is 0 Å². The van der Waals surface area contributed by atoms with Gasteiger partial charge in [-0.1, -0.05) is 30.3 Å². The Morgan fingerprint density at radius 2 is 1.88 bits per heavy atom. The molecular formula is C13H18N2O2. The van der Waals surface area contributed by atoms with Gasteiger partial charge in [-0.25, -0.2) is 0 Å². The van der Waals surface area contributed by atoms with Gasteiger partial charge in [-0.2, -0.15) is 0 Å². The molecule has 0 saturated heterocycles. The minimum absolute atomic E-state index is 0.147. The van der Waals surface area contributed by atoms with Gasteiger partial charge in [0, 0.05) is 19.9 Å². The third-order valence-electron chi connectivity index (χ3n) is 2.33. The Morgan fingerprint density at radius 1 is 1.24 bits per heavy atom. The molecule has 0 aliphatic carbocycles. The quantitative estimate of drug-likeness (QED) is 0.794. The Bertz CT molecular complexity index is 376. The maximum atomic E-state index is 11.8. The second-order valence-corrected chi connectivity index (χ2v) is 3.84. The molecule has 4 heteroatoms. The summed E-state index contributed by atoms with van der Waals surface area (Å²) < 4.78 is 0. The normalized spacial score (nSPS) is 11.6. The highest BCUT2D eigenvalue weighted by molar-refractivity contribution is 5.87. The highest BCUT2D eigenvalue weighted by atomic mass is 16.2. The fraction of sp³-hybridized carbons (Fsp3) is 0.385. The Morgan fingerprint density at radius 3 is 2.41 bits per heavy atom. The molecule has 0 fully saturated rings. The highest BCUT2D eigenvalue weighted by Gasteiger charge is 2.18. The van der Waals surface area contributed by atoms with Crippen molar-refractivity contribution >= 4 is 11.8 Å². The molecule has 4 nitrogen and oxygen atoms in total. The molecule has 0 spiro atoms. The summed E-state index contributed by atoms with van der Waals surface area (Å²) in [6, 6.07) is 9.12. The molecule has 0 heterocycles. The molecule has 0 radical (unpaired) electrons. The molecule has 17 heavy (non-hydrogen) atoms. The van der Waals surface area contributed by atoms with Crippen LogP contribution in [0.1, 0.15) is 19.4 Å². The van der Waals surface area contributed by atoms with Gasteiger partial charge < -0.3 is 10.6 Å². The summed E-state index contributed by atoms with van der Waals surface area (Å²) in [5, 5.41) is 5.38. The minimum Gasteiger partial charge on any atom is -0.355 e. The minimum atomic E-state index is -0.505. The van der Waals surface area contributed by atoms with E-state index in [0.29, 0.717) is 13.0 Å². The molecule has 0 aromatic heterocycles. The van der Waals surface area contributed by atoms with E-state index < -0.39 is 6.04 Å². The van der Waals surface area contributed by atoms with Crippen LogP contribution in [0.15, 0.2) is 30.3 Å². The van der Waals surface area contributed by atoms with Gasteiger partial charge >= 0.3 is 0 Å². The van der Waals surface area contributed by atoms with Crippen LogP contribution >= 0.6 is 0 Å². The van der Waals surface area contributed by atoms with Gasteiger partial charge in [0.2, 0.25) is 11.8 Å². The van der Waals surface area contributed by atoms with Gasteiger partial charge in [-0.3, -0.25) is 9.59 Å². The molecule has 0 aliphatic rings. The second kappa shape index (κ2) is 6.68. The largest absolute Gasteiger partial charge is 0.355 e. The van der Waals surface area contributed by atoms with Crippen LogP contribution in [0.25, 0.3) is 0 Å². The van der Waals surface area contributed by atoms with Gasteiger partial charge in [-0.05, 0) is 12.5 Å². The van der Waals surface area contributed by atoms with E-state index in [4.69, 9.17) is 0 Å². The molecule has 0 bridgehead atoms. The average Bonchev–Trinajstić information content (AvgIpc) is 2.29. The van der Waals surface area contributed by atoms with Crippen LogP contribution in [0.2, 0.25) is 0 Å². The number of hydrogen-bond acceptors (Lipinski definition) is 2. The van der Waals surface area contributed by atoms with Gasteiger partial charge in [0.1, 0.15) is 6.04 Å². The maximum Gasteiger partial charge on any atom is 0.242 e. The van der Waals surface area contributed by atoms with E-state index >= 15 is 0 Å². The lowest BCUT2D eigenvalue weighted by Crippen LogP contribution is -2.47. The average molecular weight is 234 g/mol. The number of rotatable bonds is 5. The van der Waals surface area contributed by atoms with Crippen LogP contribution in [-0.4, -0.2) is 24.4 Å². The zero-order chi connectivity index (χ0) is 12.7. The fourth-order valence-corrected chi connectivity index (χ4v) is 1.60. The van der Waals surface area contributed by atoms with Crippen LogP contribution in [0, 0.1) is 0 Å². The number of amides is 2. The van der Waals surface area contributed by atoms with Gasteiger partial charge in [0.05, 0.1) is 0 Å². The second-order valence-electron chi connectivity index (χ2n) is 3.84. The summed E-state index contributed by atoms with van der Waals surface area (Å²) in [7, 11) is 0. The van der Waals surface area contributed by atoms with Gasteiger partial charge in [0.15, 0.2) is 0 Å². The third kappa shape index (κ3) is 4.68. The van der Waals surface area contributed by atoms with E-state index in [1.807, 2.05) is 37.3 Å². The van der Waals surface area contributed by atoms with Crippen molar-refractivity contribution in [3.63, 3.8) is 0 Å². The topological polar surface area (TPSA) is 58.2 Å². The zero-order valence-electron chi connectivity index (χ0n) is 10.2. The summed E-state index contributed by atoms with van der Waals surface area (Å²) >= 11 is 0.